The summed E-state index contributed by atoms with van der Waals surface area (Å²) in [5.41, 5.74) is 2.15. The van der Waals surface area contributed by atoms with Crippen LogP contribution in [0.15, 0.2) is 11.6 Å². The van der Waals surface area contributed by atoms with Gasteiger partial charge in [-0.1, -0.05) is 150 Å². The van der Waals surface area contributed by atoms with Gasteiger partial charge in [-0.25, -0.2) is 0 Å². The fourth-order valence-electron chi connectivity index (χ4n) is 12.7. The summed E-state index contributed by atoms with van der Waals surface area (Å²) in [7, 11) is 0. The Labute approximate surface area is 342 Å². The second kappa shape index (κ2) is 22.0. The topological polar surface area (TPSA) is 105 Å². The Morgan fingerprint density at radius 2 is 1.45 bits per heavy atom. The molecule has 0 amide bonds. The molecule has 3 saturated carbocycles. The number of fused-ring (bicyclic) bond motifs is 5. The average Bonchev–Trinajstić information content (AvgIpc) is 3.53. The Morgan fingerprint density at radius 1 is 0.786 bits per heavy atom. The molecule has 5 aliphatic rings. The van der Waals surface area contributed by atoms with Crippen molar-refractivity contribution in [3.63, 3.8) is 0 Å². The molecule has 0 spiro atoms. The molecule has 0 aromatic carbocycles. The second-order valence-corrected chi connectivity index (χ2v) is 20.5. The van der Waals surface area contributed by atoms with Crippen molar-refractivity contribution in [3.8, 4) is 0 Å². The lowest BCUT2D eigenvalue weighted by molar-refractivity contribution is -0.313. The van der Waals surface area contributed by atoms with Gasteiger partial charge in [0.2, 0.25) is 0 Å². The molecular weight excluding hydrogens is 701 g/mol. The number of hydrogen-bond donors (Lipinski definition) is 3. The Bertz CT molecular complexity index is 1200. The predicted molar refractivity (Wildman–Crippen MR) is 226 cm³/mol. The predicted octanol–water partition coefficient (Wildman–Crippen LogP) is 11.2. The van der Waals surface area contributed by atoms with Crippen LogP contribution < -0.4 is 0 Å². The maximum atomic E-state index is 12.6. The lowest BCUT2D eigenvalue weighted by Crippen LogP contribution is -2.60. The number of esters is 1. The summed E-state index contributed by atoms with van der Waals surface area (Å²) in [4.78, 5) is 12.6. The van der Waals surface area contributed by atoms with E-state index in [4.69, 9.17) is 14.2 Å². The highest BCUT2D eigenvalue weighted by Gasteiger charge is 2.59. The number of hydrogen-bond acceptors (Lipinski definition) is 7. The van der Waals surface area contributed by atoms with Gasteiger partial charge in [0.1, 0.15) is 31.0 Å². The van der Waals surface area contributed by atoms with E-state index in [1.807, 2.05) is 0 Å². The van der Waals surface area contributed by atoms with E-state index >= 15 is 0 Å². The van der Waals surface area contributed by atoms with Crippen molar-refractivity contribution >= 4 is 5.97 Å². The first kappa shape index (κ1) is 46.1. The van der Waals surface area contributed by atoms with Gasteiger partial charge in [0.05, 0.1) is 6.10 Å². The van der Waals surface area contributed by atoms with Crippen LogP contribution in [0.1, 0.15) is 202 Å². The van der Waals surface area contributed by atoms with Crippen molar-refractivity contribution in [3.05, 3.63) is 11.6 Å². The molecule has 324 valence electrons. The van der Waals surface area contributed by atoms with Crippen molar-refractivity contribution in [2.75, 3.05) is 6.61 Å². The van der Waals surface area contributed by atoms with E-state index in [2.05, 4.69) is 47.6 Å². The highest BCUT2D eigenvalue weighted by atomic mass is 16.7. The number of aliphatic hydroxyl groups is 3. The quantitative estimate of drug-likeness (QED) is 0.0538. The molecule has 3 N–H and O–H groups in total. The molecule has 0 aromatic rings. The van der Waals surface area contributed by atoms with E-state index < -0.39 is 30.7 Å². The van der Waals surface area contributed by atoms with Crippen molar-refractivity contribution in [1.29, 1.82) is 0 Å². The Kier molecular flexibility index (Phi) is 18.1. The van der Waals surface area contributed by atoms with Gasteiger partial charge in [0.15, 0.2) is 6.29 Å². The van der Waals surface area contributed by atoms with E-state index in [1.54, 1.807) is 0 Å². The van der Waals surface area contributed by atoms with E-state index in [0.29, 0.717) is 17.8 Å². The fourth-order valence-corrected chi connectivity index (χ4v) is 12.7. The third kappa shape index (κ3) is 11.6. The molecular formula is C49H86O7. The molecule has 1 aliphatic heterocycles. The maximum Gasteiger partial charge on any atom is 0.305 e. The van der Waals surface area contributed by atoms with Gasteiger partial charge in [-0.2, -0.15) is 0 Å². The number of unbranched alkanes of at least 4 members (excludes halogenated alkanes) is 12. The lowest BCUT2D eigenvalue weighted by atomic mass is 9.47. The van der Waals surface area contributed by atoms with Crippen LogP contribution in [-0.2, 0) is 19.0 Å². The van der Waals surface area contributed by atoms with Gasteiger partial charge >= 0.3 is 5.97 Å². The minimum absolute atomic E-state index is 0.136. The van der Waals surface area contributed by atoms with E-state index in [-0.39, 0.29) is 24.1 Å². The Hall–Kier alpha value is -0.990. The molecule has 0 radical (unpaired) electrons. The van der Waals surface area contributed by atoms with E-state index in [1.165, 1.54) is 115 Å². The molecule has 0 bridgehead atoms. The van der Waals surface area contributed by atoms with Crippen LogP contribution in [0, 0.1) is 46.3 Å². The summed E-state index contributed by atoms with van der Waals surface area (Å²) in [6.07, 6.45) is 26.2. The van der Waals surface area contributed by atoms with Crippen LogP contribution in [0.25, 0.3) is 0 Å². The van der Waals surface area contributed by atoms with Crippen LogP contribution in [0.2, 0.25) is 0 Å². The first-order valence-electron chi connectivity index (χ1n) is 24.1. The summed E-state index contributed by atoms with van der Waals surface area (Å²) >= 11 is 0. The lowest BCUT2D eigenvalue weighted by Gasteiger charge is -2.58. The summed E-state index contributed by atoms with van der Waals surface area (Å²) in [5, 5.41) is 32.4. The zero-order valence-electron chi connectivity index (χ0n) is 36.9. The van der Waals surface area contributed by atoms with Crippen molar-refractivity contribution in [1.82, 2.24) is 0 Å². The number of aliphatic hydroxyl groups excluding tert-OH is 3. The standard InChI is InChI=1S/C49H86O7/c1-7-8-9-10-11-12-13-14-15-16-17-18-19-23-43(50)54-33-42-44(51)45(52)46(53)47(56-42)55-37-28-30-48(5)36(32-37)24-25-38-40-27-26-39(35(4)22-20-21-34(2)3)49(40,6)31-29-41(38)48/h24,34-35,37-42,44-47,51-53H,7-23,25-33H2,1-6H3/t35-,37+,38+,39-,40+,41+,42?,44-,45?,46?,47-,48+,49-/m1/s1. The molecule has 1 saturated heterocycles. The van der Waals surface area contributed by atoms with Gasteiger partial charge in [0.25, 0.3) is 0 Å². The van der Waals surface area contributed by atoms with Gasteiger partial charge in [0, 0.05) is 6.42 Å². The fraction of sp³-hybridized carbons (Fsp3) is 0.939. The molecule has 4 aliphatic carbocycles. The largest absolute Gasteiger partial charge is 0.463 e. The van der Waals surface area contributed by atoms with Gasteiger partial charge in [-0.05, 0) is 104 Å². The number of carbonyl (C=O) groups is 1. The molecule has 7 heteroatoms. The van der Waals surface area contributed by atoms with Crippen LogP contribution in [-0.4, -0.2) is 64.7 Å². The Balaban J connectivity index is 1.03. The first-order chi connectivity index (χ1) is 26.9. The van der Waals surface area contributed by atoms with Crippen LogP contribution >= 0.6 is 0 Å². The van der Waals surface area contributed by atoms with E-state index in [0.717, 1.165) is 74.5 Å². The molecule has 4 fully saturated rings. The highest BCUT2D eigenvalue weighted by Crippen LogP contribution is 2.67. The second-order valence-electron chi connectivity index (χ2n) is 20.5. The molecule has 13 atom stereocenters. The summed E-state index contributed by atoms with van der Waals surface area (Å²) < 4.78 is 18.0. The van der Waals surface area contributed by atoms with Gasteiger partial charge in [-0.3, -0.25) is 4.79 Å². The molecule has 56 heavy (non-hydrogen) atoms. The summed E-state index contributed by atoms with van der Waals surface area (Å²) in [6.45, 7) is 14.5. The van der Waals surface area contributed by atoms with Crippen molar-refractivity contribution in [2.45, 2.75) is 239 Å². The number of rotatable bonds is 23. The monoisotopic (exact) mass is 787 g/mol. The minimum atomic E-state index is -1.44. The van der Waals surface area contributed by atoms with Crippen LogP contribution in [0.5, 0.6) is 0 Å². The van der Waals surface area contributed by atoms with Gasteiger partial charge < -0.3 is 29.5 Å². The smallest absolute Gasteiger partial charge is 0.305 e. The summed E-state index contributed by atoms with van der Waals surface area (Å²) in [6, 6.07) is 0. The number of allylic oxidation sites excluding steroid dienone is 1. The van der Waals surface area contributed by atoms with E-state index in [9.17, 15) is 20.1 Å². The molecule has 7 nitrogen and oxygen atoms in total. The minimum Gasteiger partial charge on any atom is -0.463 e. The zero-order valence-corrected chi connectivity index (χ0v) is 36.9. The zero-order chi connectivity index (χ0) is 40.3. The Morgan fingerprint density at radius 3 is 2.11 bits per heavy atom. The highest BCUT2D eigenvalue weighted by molar-refractivity contribution is 5.69. The maximum absolute atomic E-state index is 12.6. The van der Waals surface area contributed by atoms with Crippen molar-refractivity contribution in [2.24, 2.45) is 46.3 Å². The normalized spacial score (nSPS) is 37.4. The number of carbonyl (C=O) groups excluding carboxylic acids is 1. The first-order valence-corrected chi connectivity index (χ1v) is 24.1. The van der Waals surface area contributed by atoms with Crippen LogP contribution in [0.3, 0.4) is 0 Å². The molecule has 3 unspecified atom stereocenters. The summed E-state index contributed by atoms with van der Waals surface area (Å²) in [5.74, 6) is 4.45. The molecule has 5 rings (SSSR count). The third-order valence-electron chi connectivity index (χ3n) is 16.1. The van der Waals surface area contributed by atoms with Crippen LogP contribution in [0.4, 0.5) is 0 Å². The average molecular weight is 787 g/mol. The molecule has 1 heterocycles. The van der Waals surface area contributed by atoms with Gasteiger partial charge in [-0.15, -0.1) is 0 Å². The number of ether oxygens (including phenoxy) is 3. The SMILES string of the molecule is CCCCCCCCCCCCCCCC(=O)OCC1O[C@@H](O[C@H]2CC[C@@]3(C)C(=CC[C@H]4[C@@H]5CC[C@H]([C@H](C)CCCC(C)C)[C@@]5(C)CC[C@@H]43)C2)C(O)C(O)[C@@H]1O. The molecule has 0 aromatic heterocycles. The van der Waals surface area contributed by atoms with Crippen molar-refractivity contribution < 1.29 is 34.3 Å². The third-order valence-corrected chi connectivity index (χ3v) is 16.1.